The normalized spacial score (nSPS) is 24.1. The summed E-state index contributed by atoms with van der Waals surface area (Å²) in [5.41, 5.74) is 2.09. The number of nitrogens with zero attached hydrogens (tertiary/aromatic N) is 1. The Morgan fingerprint density at radius 1 is 1.07 bits per heavy atom. The van der Waals surface area contributed by atoms with Crippen molar-refractivity contribution in [2.75, 3.05) is 26.2 Å². The molecule has 2 heterocycles. The van der Waals surface area contributed by atoms with Gasteiger partial charge in [0.2, 0.25) is 0 Å². The van der Waals surface area contributed by atoms with Crippen molar-refractivity contribution in [1.29, 1.82) is 0 Å². The zero-order chi connectivity index (χ0) is 17.3. The Morgan fingerprint density at radius 3 is 2.63 bits per heavy atom. The van der Waals surface area contributed by atoms with Crippen LogP contribution in [0, 0.1) is 23.0 Å². The van der Waals surface area contributed by atoms with E-state index < -0.39 is 0 Å². The average molecular weight is 415 g/mol. The Kier molecular flexibility index (Phi) is 7.64. The summed E-state index contributed by atoms with van der Waals surface area (Å²) < 4.78 is 27.4. The smallest absolute Gasteiger partial charge is 0.127 e. The topological polar surface area (TPSA) is 15.3 Å². The van der Waals surface area contributed by atoms with Crippen molar-refractivity contribution < 1.29 is 8.78 Å². The molecule has 2 aliphatic heterocycles. The summed E-state index contributed by atoms with van der Waals surface area (Å²) in [6.07, 6.45) is 2.21. The lowest BCUT2D eigenvalue weighted by Crippen LogP contribution is -2.33. The first kappa shape index (κ1) is 22.1. The lowest BCUT2D eigenvalue weighted by Gasteiger charge is -2.28. The van der Waals surface area contributed by atoms with Crippen molar-refractivity contribution in [1.82, 2.24) is 10.2 Å². The predicted molar refractivity (Wildman–Crippen MR) is 110 cm³/mol. The molecular formula is C21H26Cl2F2N2. The van der Waals surface area contributed by atoms with Crippen LogP contribution in [0.25, 0.3) is 0 Å². The van der Waals surface area contributed by atoms with E-state index in [4.69, 9.17) is 0 Å². The Morgan fingerprint density at radius 2 is 1.85 bits per heavy atom. The summed E-state index contributed by atoms with van der Waals surface area (Å²) in [6, 6.07) is 14.3. The maximum atomic E-state index is 14.0. The van der Waals surface area contributed by atoms with E-state index in [9.17, 15) is 8.78 Å². The van der Waals surface area contributed by atoms with E-state index in [1.54, 1.807) is 0 Å². The van der Waals surface area contributed by atoms with Crippen LogP contribution in [-0.4, -0.2) is 31.1 Å². The van der Waals surface area contributed by atoms with E-state index in [0.717, 1.165) is 39.0 Å². The predicted octanol–water partition coefficient (Wildman–Crippen LogP) is 4.46. The van der Waals surface area contributed by atoms with Gasteiger partial charge in [-0.05, 0) is 49.1 Å². The molecule has 2 unspecified atom stereocenters. The van der Waals surface area contributed by atoms with Crippen LogP contribution in [0.3, 0.4) is 0 Å². The Bertz CT molecular complexity index is 744. The minimum atomic E-state index is -0.365. The molecule has 0 saturated carbocycles. The average Bonchev–Trinajstić information content (AvgIpc) is 3.14. The number of halogens is 4. The second-order valence-corrected chi connectivity index (χ2v) is 7.58. The molecule has 2 saturated heterocycles. The van der Waals surface area contributed by atoms with E-state index in [1.807, 2.05) is 6.07 Å². The van der Waals surface area contributed by atoms with E-state index >= 15 is 0 Å². The van der Waals surface area contributed by atoms with Crippen molar-refractivity contribution in [3.05, 3.63) is 71.3 Å². The van der Waals surface area contributed by atoms with Gasteiger partial charge in [0.1, 0.15) is 11.6 Å². The highest BCUT2D eigenvalue weighted by molar-refractivity contribution is 5.85. The molecular weight excluding hydrogens is 389 g/mol. The van der Waals surface area contributed by atoms with Crippen LogP contribution < -0.4 is 5.32 Å². The number of fused-ring (bicyclic) bond motifs is 1. The fraction of sp³-hybridized carbons (Fsp3) is 0.429. The third kappa shape index (κ3) is 4.80. The molecule has 2 aromatic carbocycles. The van der Waals surface area contributed by atoms with Crippen LogP contribution in [0.15, 0.2) is 48.5 Å². The number of likely N-dealkylation sites (tertiary alicyclic amines) is 1. The van der Waals surface area contributed by atoms with Crippen molar-refractivity contribution >= 4 is 24.8 Å². The maximum absolute atomic E-state index is 14.0. The molecule has 2 fully saturated rings. The molecule has 2 aliphatic rings. The van der Waals surface area contributed by atoms with Gasteiger partial charge in [0.25, 0.3) is 0 Å². The van der Waals surface area contributed by atoms with Gasteiger partial charge < -0.3 is 5.32 Å². The highest BCUT2D eigenvalue weighted by Crippen LogP contribution is 2.43. The van der Waals surface area contributed by atoms with E-state index in [2.05, 4.69) is 34.5 Å². The quantitative estimate of drug-likeness (QED) is 0.776. The first-order valence-corrected chi connectivity index (χ1v) is 9.06. The minimum absolute atomic E-state index is 0. The molecule has 148 valence electrons. The summed E-state index contributed by atoms with van der Waals surface area (Å²) in [6.45, 7) is 4.45. The Hall–Kier alpha value is -1.20. The molecule has 0 aliphatic carbocycles. The second kappa shape index (κ2) is 9.33. The van der Waals surface area contributed by atoms with Crippen molar-refractivity contribution in [3.8, 4) is 0 Å². The SMILES string of the molecule is Cl.Cl.Fc1ccc(F)c(CN2CC3CNCC3(CCc3ccccc3)C2)c1. The van der Waals surface area contributed by atoms with Gasteiger partial charge in [-0.3, -0.25) is 4.90 Å². The molecule has 1 N–H and O–H groups in total. The summed E-state index contributed by atoms with van der Waals surface area (Å²) in [5.74, 6) is -0.0843. The van der Waals surface area contributed by atoms with Crippen LogP contribution in [-0.2, 0) is 13.0 Å². The molecule has 6 heteroatoms. The van der Waals surface area contributed by atoms with Gasteiger partial charge in [-0.25, -0.2) is 8.78 Å². The summed E-state index contributed by atoms with van der Waals surface area (Å²) >= 11 is 0. The molecule has 27 heavy (non-hydrogen) atoms. The molecule has 0 spiro atoms. The molecule has 2 nitrogen and oxygen atoms in total. The first-order valence-electron chi connectivity index (χ1n) is 9.06. The number of rotatable bonds is 5. The number of aryl methyl sites for hydroxylation is 1. The van der Waals surface area contributed by atoms with Crippen LogP contribution >= 0.6 is 24.8 Å². The van der Waals surface area contributed by atoms with Crippen molar-refractivity contribution in [3.63, 3.8) is 0 Å². The van der Waals surface area contributed by atoms with Crippen LogP contribution in [0.1, 0.15) is 17.5 Å². The lowest BCUT2D eigenvalue weighted by atomic mass is 9.76. The van der Waals surface area contributed by atoms with Crippen molar-refractivity contribution in [2.45, 2.75) is 19.4 Å². The second-order valence-electron chi connectivity index (χ2n) is 7.58. The van der Waals surface area contributed by atoms with Gasteiger partial charge in [-0.2, -0.15) is 0 Å². The monoisotopic (exact) mass is 414 g/mol. The lowest BCUT2D eigenvalue weighted by molar-refractivity contribution is 0.236. The van der Waals surface area contributed by atoms with Gasteiger partial charge in [0.15, 0.2) is 0 Å². The highest BCUT2D eigenvalue weighted by atomic mass is 35.5. The zero-order valence-electron chi connectivity index (χ0n) is 15.2. The molecule has 0 aromatic heterocycles. The first-order chi connectivity index (χ1) is 12.1. The summed E-state index contributed by atoms with van der Waals surface area (Å²) in [5, 5.41) is 3.55. The largest absolute Gasteiger partial charge is 0.316 e. The third-order valence-electron chi connectivity index (χ3n) is 5.91. The molecule has 0 bridgehead atoms. The Balaban J connectivity index is 0.00000131. The van der Waals surface area contributed by atoms with E-state index in [0.29, 0.717) is 18.0 Å². The van der Waals surface area contributed by atoms with Gasteiger partial charge in [-0.1, -0.05) is 30.3 Å². The van der Waals surface area contributed by atoms with Crippen molar-refractivity contribution in [2.24, 2.45) is 11.3 Å². The molecule has 2 aromatic rings. The van der Waals surface area contributed by atoms with Gasteiger partial charge in [-0.15, -0.1) is 24.8 Å². The third-order valence-corrected chi connectivity index (χ3v) is 5.91. The van der Waals surface area contributed by atoms with Crippen LogP contribution in [0.5, 0.6) is 0 Å². The number of hydrogen-bond acceptors (Lipinski definition) is 2. The zero-order valence-corrected chi connectivity index (χ0v) is 16.8. The summed E-state index contributed by atoms with van der Waals surface area (Å²) in [7, 11) is 0. The van der Waals surface area contributed by atoms with Crippen LogP contribution in [0.2, 0.25) is 0 Å². The molecule has 0 amide bonds. The molecule has 4 rings (SSSR count). The Labute approximate surface area is 172 Å². The fourth-order valence-electron chi connectivity index (χ4n) is 4.56. The number of benzene rings is 2. The fourth-order valence-corrected chi connectivity index (χ4v) is 4.56. The standard InChI is InChI=1S/C21H24F2N2.2ClH/c22-19-6-7-20(23)17(10-19)12-25-13-18-11-24-14-21(18,15-25)9-8-16-4-2-1-3-5-16;;/h1-7,10,18,24H,8-9,11-15H2;2*1H. The van der Waals surface area contributed by atoms with Gasteiger partial charge in [0, 0.05) is 37.2 Å². The summed E-state index contributed by atoms with van der Waals surface area (Å²) in [4.78, 5) is 2.30. The molecule has 0 radical (unpaired) electrons. The highest BCUT2D eigenvalue weighted by Gasteiger charge is 2.48. The van der Waals surface area contributed by atoms with E-state index in [-0.39, 0.29) is 41.9 Å². The number of nitrogens with one attached hydrogen (secondary N) is 1. The minimum Gasteiger partial charge on any atom is -0.316 e. The maximum Gasteiger partial charge on any atom is 0.127 e. The van der Waals surface area contributed by atoms with Gasteiger partial charge >= 0.3 is 0 Å². The molecule has 2 atom stereocenters. The van der Waals surface area contributed by atoms with E-state index in [1.165, 1.54) is 23.8 Å². The van der Waals surface area contributed by atoms with Crippen LogP contribution in [0.4, 0.5) is 8.78 Å². The van der Waals surface area contributed by atoms with Gasteiger partial charge in [0.05, 0.1) is 0 Å². The number of hydrogen-bond donors (Lipinski definition) is 1.